The lowest BCUT2D eigenvalue weighted by Crippen LogP contribution is -2.06. The van der Waals surface area contributed by atoms with E-state index in [1.807, 2.05) is 6.92 Å². The highest BCUT2D eigenvalue weighted by Crippen LogP contribution is 2.22. The first kappa shape index (κ1) is 13.1. The molecule has 2 N–H and O–H groups in total. The number of methoxy groups -OCH3 is 1. The SMILES string of the molecule is COc1ccc(C(=O)c2ccc(F)cc2N)cc1C. The maximum atomic E-state index is 13.0. The first-order valence-electron chi connectivity index (χ1n) is 5.77. The van der Waals surface area contributed by atoms with Crippen molar-refractivity contribution in [2.24, 2.45) is 0 Å². The highest BCUT2D eigenvalue weighted by Gasteiger charge is 2.14. The number of nitrogens with two attached hydrogens (primary N) is 1. The molecule has 0 atom stereocenters. The monoisotopic (exact) mass is 259 g/mol. The third-order valence-electron chi connectivity index (χ3n) is 2.92. The number of nitrogen functional groups attached to an aromatic ring is 1. The Morgan fingerprint density at radius 1 is 1.21 bits per heavy atom. The van der Waals surface area contributed by atoms with Gasteiger partial charge in [-0.2, -0.15) is 0 Å². The molecule has 2 aromatic rings. The highest BCUT2D eigenvalue weighted by molar-refractivity contribution is 6.12. The van der Waals surface area contributed by atoms with Crippen molar-refractivity contribution >= 4 is 11.5 Å². The molecule has 19 heavy (non-hydrogen) atoms. The molecule has 0 unspecified atom stereocenters. The van der Waals surface area contributed by atoms with Crippen LogP contribution in [0.25, 0.3) is 0 Å². The van der Waals surface area contributed by atoms with Gasteiger partial charge in [0.1, 0.15) is 11.6 Å². The molecule has 0 bridgehead atoms. The van der Waals surface area contributed by atoms with Crippen molar-refractivity contribution in [3.05, 3.63) is 58.9 Å². The number of rotatable bonds is 3. The zero-order chi connectivity index (χ0) is 14.0. The van der Waals surface area contributed by atoms with E-state index in [2.05, 4.69) is 0 Å². The molecular weight excluding hydrogens is 245 g/mol. The van der Waals surface area contributed by atoms with E-state index >= 15 is 0 Å². The first-order chi connectivity index (χ1) is 9.02. The zero-order valence-corrected chi connectivity index (χ0v) is 10.7. The molecule has 3 nitrogen and oxygen atoms in total. The Morgan fingerprint density at radius 2 is 1.95 bits per heavy atom. The lowest BCUT2D eigenvalue weighted by atomic mass is 10.00. The molecule has 0 amide bonds. The molecule has 2 aromatic carbocycles. The van der Waals surface area contributed by atoms with Crippen LogP contribution in [-0.2, 0) is 0 Å². The lowest BCUT2D eigenvalue weighted by molar-refractivity contribution is 0.103. The third kappa shape index (κ3) is 2.57. The second kappa shape index (κ2) is 5.10. The van der Waals surface area contributed by atoms with Gasteiger partial charge in [0.05, 0.1) is 7.11 Å². The summed E-state index contributed by atoms with van der Waals surface area (Å²) in [4.78, 5) is 12.3. The maximum Gasteiger partial charge on any atom is 0.195 e. The molecule has 0 saturated heterocycles. The molecule has 0 radical (unpaired) electrons. The van der Waals surface area contributed by atoms with Crippen molar-refractivity contribution in [1.82, 2.24) is 0 Å². The normalized spacial score (nSPS) is 10.3. The number of halogens is 1. The largest absolute Gasteiger partial charge is 0.496 e. The number of ketones is 1. The number of carbonyl (C=O) groups excluding carboxylic acids is 1. The van der Waals surface area contributed by atoms with Gasteiger partial charge in [-0.1, -0.05) is 0 Å². The minimum atomic E-state index is -0.458. The Hall–Kier alpha value is -2.36. The minimum absolute atomic E-state index is 0.137. The number of ether oxygens (including phenoxy) is 1. The van der Waals surface area contributed by atoms with Crippen molar-refractivity contribution in [2.45, 2.75) is 6.92 Å². The first-order valence-corrected chi connectivity index (χ1v) is 5.77. The molecule has 0 aromatic heterocycles. The fourth-order valence-corrected chi connectivity index (χ4v) is 1.92. The van der Waals surface area contributed by atoms with Gasteiger partial charge in [0.2, 0.25) is 0 Å². The molecule has 0 fully saturated rings. The molecule has 0 saturated carbocycles. The van der Waals surface area contributed by atoms with Crippen molar-refractivity contribution in [3.8, 4) is 5.75 Å². The van der Waals surface area contributed by atoms with Crippen LogP contribution >= 0.6 is 0 Å². The Kier molecular flexibility index (Phi) is 3.51. The van der Waals surface area contributed by atoms with E-state index in [1.165, 1.54) is 12.1 Å². The van der Waals surface area contributed by atoms with Crippen LogP contribution in [0.5, 0.6) is 5.75 Å². The Balaban J connectivity index is 2.41. The van der Waals surface area contributed by atoms with Crippen LogP contribution in [-0.4, -0.2) is 12.9 Å². The number of hydrogen-bond donors (Lipinski definition) is 1. The molecule has 0 heterocycles. The standard InChI is InChI=1S/C15H14FNO2/c1-9-7-10(3-6-14(9)19-2)15(18)12-5-4-11(16)8-13(12)17/h3-8H,17H2,1-2H3. The van der Waals surface area contributed by atoms with E-state index in [1.54, 1.807) is 25.3 Å². The average Bonchev–Trinajstić information content (AvgIpc) is 2.38. The van der Waals surface area contributed by atoms with Gasteiger partial charge in [-0.25, -0.2) is 4.39 Å². The van der Waals surface area contributed by atoms with Gasteiger partial charge in [0.15, 0.2) is 5.78 Å². The van der Waals surface area contributed by atoms with Gasteiger partial charge in [-0.3, -0.25) is 4.79 Å². The van der Waals surface area contributed by atoms with E-state index in [0.717, 1.165) is 11.6 Å². The third-order valence-corrected chi connectivity index (χ3v) is 2.92. The van der Waals surface area contributed by atoms with E-state index in [9.17, 15) is 9.18 Å². The predicted molar refractivity (Wildman–Crippen MR) is 72.0 cm³/mol. The molecular formula is C15H14FNO2. The molecule has 98 valence electrons. The van der Waals surface area contributed by atoms with Gasteiger partial charge in [0.25, 0.3) is 0 Å². The molecule has 0 spiro atoms. The van der Waals surface area contributed by atoms with Crippen LogP contribution in [0.3, 0.4) is 0 Å². The molecule has 4 heteroatoms. The average molecular weight is 259 g/mol. The molecule has 0 aliphatic carbocycles. The zero-order valence-electron chi connectivity index (χ0n) is 10.7. The van der Waals surface area contributed by atoms with Gasteiger partial charge < -0.3 is 10.5 Å². The Bertz CT molecular complexity index is 638. The van der Waals surface area contributed by atoms with E-state index < -0.39 is 5.82 Å². The second-order valence-corrected chi connectivity index (χ2v) is 4.25. The topological polar surface area (TPSA) is 52.3 Å². The summed E-state index contributed by atoms with van der Waals surface area (Å²) in [5.41, 5.74) is 7.46. The summed E-state index contributed by atoms with van der Waals surface area (Å²) in [6.07, 6.45) is 0. The van der Waals surface area contributed by atoms with Crippen molar-refractivity contribution in [1.29, 1.82) is 0 Å². The summed E-state index contributed by atoms with van der Waals surface area (Å²) in [7, 11) is 1.57. The summed E-state index contributed by atoms with van der Waals surface area (Å²) in [5, 5.41) is 0. The summed E-state index contributed by atoms with van der Waals surface area (Å²) in [6.45, 7) is 1.85. The fourth-order valence-electron chi connectivity index (χ4n) is 1.92. The highest BCUT2D eigenvalue weighted by atomic mass is 19.1. The van der Waals surface area contributed by atoms with Gasteiger partial charge in [0, 0.05) is 16.8 Å². The Labute approximate surface area is 110 Å². The minimum Gasteiger partial charge on any atom is -0.496 e. The van der Waals surface area contributed by atoms with E-state index in [0.29, 0.717) is 16.9 Å². The van der Waals surface area contributed by atoms with Crippen molar-refractivity contribution in [3.63, 3.8) is 0 Å². The van der Waals surface area contributed by atoms with Crippen LogP contribution in [0.15, 0.2) is 36.4 Å². The quantitative estimate of drug-likeness (QED) is 0.681. The Morgan fingerprint density at radius 3 is 2.53 bits per heavy atom. The molecule has 0 aliphatic heterocycles. The van der Waals surface area contributed by atoms with E-state index in [-0.39, 0.29) is 11.5 Å². The van der Waals surface area contributed by atoms with Gasteiger partial charge in [-0.15, -0.1) is 0 Å². The van der Waals surface area contributed by atoms with Gasteiger partial charge >= 0.3 is 0 Å². The van der Waals surface area contributed by atoms with E-state index in [4.69, 9.17) is 10.5 Å². The van der Waals surface area contributed by atoms with Gasteiger partial charge in [-0.05, 0) is 48.9 Å². The van der Waals surface area contributed by atoms with Crippen LogP contribution in [0.1, 0.15) is 21.5 Å². The number of benzene rings is 2. The fraction of sp³-hybridized carbons (Fsp3) is 0.133. The molecule has 2 rings (SSSR count). The number of aryl methyl sites for hydroxylation is 1. The summed E-state index contributed by atoms with van der Waals surface area (Å²) in [6, 6.07) is 8.87. The van der Waals surface area contributed by atoms with Crippen LogP contribution in [0.4, 0.5) is 10.1 Å². The lowest BCUT2D eigenvalue weighted by Gasteiger charge is -2.08. The summed E-state index contributed by atoms with van der Waals surface area (Å²) >= 11 is 0. The number of anilines is 1. The summed E-state index contributed by atoms with van der Waals surface area (Å²) in [5.74, 6) is 0.0202. The van der Waals surface area contributed by atoms with Crippen molar-refractivity contribution < 1.29 is 13.9 Å². The summed E-state index contributed by atoms with van der Waals surface area (Å²) < 4.78 is 18.1. The van der Waals surface area contributed by atoms with Crippen molar-refractivity contribution in [2.75, 3.05) is 12.8 Å². The van der Waals surface area contributed by atoms with Crippen LogP contribution in [0, 0.1) is 12.7 Å². The molecule has 0 aliphatic rings. The van der Waals surface area contributed by atoms with Crippen LogP contribution in [0.2, 0.25) is 0 Å². The number of hydrogen-bond acceptors (Lipinski definition) is 3. The second-order valence-electron chi connectivity index (χ2n) is 4.25. The maximum absolute atomic E-state index is 13.0. The predicted octanol–water partition coefficient (Wildman–Crippen LogP) is 2.96. The van der Waals surface area contributed by atoms with Crippen LogP contribution < -0.4 is 10.5 Å². The number of carbonyl (C=O) groups is 1. The smallest absolute Gasteiger partial charge is 0.195 e.